The summed E-state index contributed by atoms with van der Waals surface area (Å²) in [5.41, 5.74) is 1.08. The van der Waals surface area contributed by atoms with Crippen LogP contribution in [0.15, 0.2) is 30.3 Å². The lowest BCUT2D eigenvalue weighted by Crippen LogP contribution is -2.46. The normalized spacial score (nSPS) is 15.8. The zero-order valence-electron chi connectivity index (χ0n) is 11.8. The van der Waals surface area contributed by atoms with Gasteiger partial charge in [-0.05, 0) is 18.4 Å². The molecule has 5 nitrogen and oxygen atoms in total. The van der Waals surface area contributed by atoms with Gasteiger partial charge >= 0.3 is 6.03 Å². The van der Waals surface area contributed by atoms with E-state index in [1.807, 2.05) is 30.3 Å². The molecule has 0 aliphatic carbocycles. The summed E-state index contributed by atoms with van der Waals surface area (Å²) in [6.07, 6.45) is 1.47. The van der Waals surface area contributed by atoms with Gasteiger partial charge in [0.1, 0.15) is 0 Å². The highest BCUT2D eigenvalue weighted by atomic mass is 16.2. The SMILES string of the molecule is CNC(=O)C1CCN(C(=O)NCc2ccccc2)CC1. The fourth-order valence-electron chi connectivity index (χ4n) is 2.43. The molecule has 0 spiro atoms. The lowest BCUT2D eigenvalue weighted by Gasteiger charge is -2.31. The summed E-state index contributed by atoms with van der Waals surface area (Å²) in [5.74, 6) is 0.118. The van der Waals surface area contributed by atoms with Crippen LogP contribution in [0.5, 0.6) is 0 Å². The molecule has 108 valence electrons. The molecule has 1 fully saturated rings. The second kappa shape index (κ2) is 6.93. The van der Waals surface area contributed by atoms with E-state index in [2.05, 4.69) is 10.6 Å². The molecule has 0 bridgehead atoms. The molecular weight excluding hydrogens is 254 g/mol. The summed E-state index contributed by atoms with van der Waals surface area (Å²) in [6.45, 7) is 1.81. The first kappa shape index (κ1) is 14.4. The molecular formula is C15H21N3O2. The number of hydrogen-bond donors (Lipinski definition) is 2. The van der Waals surface area contributed by atoms with Gasteiger partial charge in [-0.25, -0.2) is 4.79 Å². The summed E-state index contributed by atoms with van der Waals surface area (Å²) in [6, 6.07) is 9.78. The molecule has 3 amide bonds. The average Bonchev–Trinajstić information content (AvgIpc) is 2.53. The Hall–Kier alpha value is -2.04. The van der Waals surface area contributed by atoms with E-state index >= 15 is 0 Å². The van der Waals surface area contributed by atoms with Crippen molar-refractivity contribution in [2.45, 2.75) is 19.4 Å². The van der Waals surface area contributed by atoms with Crippen LogP contribution >= 0.6 is 0 Å². The second-order valence-electron chi connectivity index (χ2n) is 5.02. The van der Waals surface area contributed by atoms with Crippen molar-refractivity contribution < 1.29 is 9.59 Å². The lowest BCUT2D eigenvalue weighted by atomic mass is 9.96. The van der Waals surface area contributed by atoms with Crippen molar-refractivity contribution in [2.24, 2.45) is 5.92 Å². The van der Waals surface area contributed by atoms with Gasteiger partial charge in [-0.1, -0.05) is 30.3 Å². The minimum Gasteiger partial charge on any atom is -0.359 e. The zero-order chi connectivity index (χ0) is 14.4. The van der Waals surface area contributed by atoms with E-state index in [0.717, 1.165) is 18.4 Å². The van der Waals surface area contributed by atoms with Crippen LogP contribution in [0.1, 0.15) is 18.4 Å². The van der Waals surface area contributed by atoms with Crippen molar-refractivity contribution in [3.05, 3.63) is 35.9 Å². The number of urea groups is 1. The Morgan fingerprint density at radius 3 is 2.45 bits per heavy atom. The van der Waals surface area contributed by atoms with E-state index in [0.29, 0.717) is 19.6 Å². The van der Waals surface area contributed by atoms with Crippen molar-refractivity contribution in [3.63, 3.8) is 0 Å². The molecule has 0 atom stereocenters. The van der Waals surface area contributed by atoms with E-state index in [1.54, 1.807) is 11.9 Å². The molecule has 1 saturated heterocycles. The average molecular weight is 275 g/mol. The standard InChI is InChI=1S/C15H21N3O2/c1-16-14(19)13-7-9-18(10-8-13)15(20)17-11-12-5-3-2-4-6-12/h2-6,13H,7-11H2,1H3,(H,16,19)(H,17,20). The number of benzene rings is 1. The zero-order valence-corrected chi connectivity index (χ0v) is 11.8. The highest BCUT2D eigenvalue weighted by Gasteiger charge is 2.26. The predicted octanol–water partition coefficient (Wildman–Crippen LogP) is 1.35. The van der Waals surface area contributed by atoms with E-state index in [-0.39, 0.29) is 17.9 Å². The molecule has 0 saturated carbocycles. The van der Waals surface area contributed by atoms with Gasteiger partial charge in [-0.2, -0.15) is 0 Å². The highest BCUT2D eigenvalue weighted by molar-refractivity contribution is 5.79. The van der Waals surface area contributed by atoms with Crippen LogP contribution in [0.4, 0.5) is 4.79 Å². The molecule has 1 heterocycles. The Bertz CT molecular complexity index is 453. The van der Waals surface area contributed by atoms with Gasteiger partial charge in [0, 0.05) is 32.6 Å². The molecule has 5 heteroatoms. The van der Waals surface area contributed by atoms with Gasteiger partial charge in [0.05, 0.1) is 0 Å². The van der Waals surface area contributed by atoms with E-state index in [9.17, 15) is 9.59 Å². The maximum Gasteiger partial charge on any atom is 0.317 e. The van der Waals surface area contributed by atoms with Gasteiger partial charge in [0.2, 0.25) is 5.91 Å². The van der Waals surface area contributed by atoms with Gasteiger partial charge in [0.25, 0.3) is 0 Å². The van der Waals surface area contributed by atoms with E-state index < -0.39 is 0 Å². The second-order valence-corrected chi connectivity index (χ2v) is 5.02. The number of rotatable bonds is 3. The van der Waals surface area contributed by atoms with Crippen LogP contribution in [0.25, 0.3) is 0 Å². The molecule has 20 heavy (non-hydrogen) atoms. The maximum atomic E-state index is 12.0. The van der Waals surface area contributed by atoms with Crippen LogP contribution in [-0.4, -0.2) is 37.0 Å². The smallest absolute Gasteiger partial charge is 0.317 e. The van der Waals surface area contributed by atoms with Crippen molar-refractivity contribution in [1.29, 1.82) is 0 Å². The van der Waals surface area contributed by atoms with Crippen LogP contribution < -0.4 is 10.6 Å². The van der Waals surface area contributed by atoms with Crippen LogP contribution in [0.2, 0.25) is 0 Å². The monoisotopic (exact) mass is 275 g/mol. The number of amides is 3. The topological polar surface area (TPSA) is 61.4 Å². The minimum atomic E-state index is -0.0517. The van der Waals surface area contributed by atoms with Crippen molar-refractivity contribution in [2.75, 3.05) is 20.1 Å². The molecule has 2 N–H and O–H groups in total. The Kier molecular flexibility index (Phi) is 4.98. The van der Waals surface area contributed by atoms with Gasteiger partial charge in [-0.15, -0.1) is 0 Å². The van der Waals surface area contributed by atoms with Gasteiger partial charge < -0.3 is 15.5 Å². The first-order valence-corrected chi connectivity index (χ1v) is 6.99. The first-order valence-electron chi connectivity index (χ1n) is 6.99. The summed E-state index contributed by atoms with van der Waals surface area (Å²) < 4.78 is 0. The third kappa shape index (κ3) is 3.73. The number of piperidine rings is 1. The minimum absolute atomic E-state index is 0.0400. The Labute approximate surface area is 119 Å². The molecule has 0 radical (unpaired) electrons. The van der Waals surface area contributed by atoms with Gasteiger partial charge in [0.15, 0.2) is 0 Å². The Morgan fingerprint density at radius 2 is 1.85 bits per heavy atom. The third-order valence-corrected chi connectivity index (χ3v) is 3.69. The highest BCUT2D eigenvalue weighted by Crippen LogP contribution is 2.17. The first-order chi connectivity index (χ1) is 9.70. The van der Waals surface area contributed by atoms with E-state index in [1.165, 1.54) is 0 Å². The molecule has 0 unspecified atom stereocenters. The third-order valence-electron chi connectivity index (χ3n) is 3.69. The summed E-state index contributed by atoms with van der Waals surface area (Å²) in [4.78, 5) is 25.3. The van der Waals surface area contributed by atoms with Crippen LogP contribution in [-0.2, 0) is 11.3 Å². The molecule has 1 aliphatic heterocycles. The summed E-state index contributed by atoms with van der Waals surface area (Å²) in [7, 11) is 1.65. The Morgan fingerprint density at radius 1 is 1.20 bits per heavy atom. The van der Waals surface area contributed by atoms with Crippen molar-refractivity contribution in [3.8, 4) is 0 Å². The molecule has 0 aromatic heterocycles. The van der Waals surface area contributed by atoms with Crippen LogP contribution in [0.3, 0.4) is 0 Å². The number of nitrogens with zero attached hydrogens (tertiary/aromatic N) is 1. The summed E-state index contributed by atoms with van der Waals surface area (Å²) in [5, 5.41) is 5.58. The largest absolute Gasteiger partial charge is 0.359 e. The predicted molar refractivity (Wildman–Crippen MR) is 77.0 cm³/mol. The Balaban J connectivity index is 1.76. The number of carbonyl (C=O) groups excluding carboxylic acids is 2. The van der Waals surface area contributed by atoms with Crippen LogP contribution in [0, 0.1) is 5.92 Å². The summed E-state index contributed by atoms with van der Waals surface area (Å²) >= 11 is 0. The molecule has 1 aromatic carbocycles. The number of carbonyl (C=O) groups is 2. The number of hydrogen-bond acceptors (Lipinski definition) is 2. The lowest BCUT2D eigenvalue weighted by molar-refractivity contribution is -0.125. The molecule has 1 aliphatic rings. The molecule has 1 aromatic rings. The van der Waals surface area contributed by atoms with Crippen molar-refractivity contribution >= 4 is 11.9 Å². The number of likely N-dealkylation sites (tertiary alicyclic amines) is 1. The van der Waals surface area contributed by atoms with E-state index in [4.69, 9.17) is 0 Å². The quantitative estimate of drug-likeness (QED) is 0.875. The molecule has 2 rings (SSSR count). The van der Waals surface area contributed by atoms with Crippen molar-refractivity contribution in [1.82, 2.24) is 15.5 Å². The number of nitrogens with one attached hydrogen (secondary N) is 2. The maximum absolute atomic E-state index is 12.0. The fraction of sp³-hybridized carbons (Fsp3) is 0.467. The fourth-order valence-corrected chi connectivity index (χ4v) is 2.43. The van der Waals surface area contributed by atoms with Gasteiger partial charge in [-0.3, -0.25) is 4.79 Å².